The molecular weight excluding hydrogens is 296 g/mol. The minimum atomic E-state index is -0.511. The highest BCUT2D eigenvalue weighted by Gasteiger charge is 2.27. The Hall–Kier alpha value is -1.98. The van der Waals surface area contributed by atoms with Crippen LogP contribution < -0.4 is 10.6 Å². The molecule has 6 heteroatoms. The van der Waals surface area contributed by atoms with Gasteiger partial charge in [0.15, 0.2) is 5.76 Å². The summed E-state index contributed by atoms with van der Waals surface area (Å²) in [7, 11) is 0. The van der Waals surface area contributed by atoms with E-state index in [0.717, 1.165) is 24.8 Å². The second kappa shape index (κ2) is 7.06. The van der Waals surface area contributed by atoms with Crippen molar-refractivity contribution in [1.29, 1.82) is 0 Å². The van der Waals surface area contributed by atoms with Gasteiger partial charge in [0, 0.05) is 17.6 Å². The Morgan fingerprint density at radius 2 is 1.87 bits per heavy atom. The van der Waals surface area contributed by atoms with Crippen molar-refractivity contribution in [3.05, 3.63) is 23.7 Å². The summed E-state index contributed by atoms with van der Waals surface area (Å²) >= 11 is 0. The predicted molar refractivity (Wildman–Crippen MR) is 86.3 cm³/mol. The molecule has 0 bridgehead atoms. The smallest absolute Gasteiger partial charge is 0.407 e. The third kappa shape index (κ3) is 5.30. The quantitative estimate of drug-likeness (QED) is 0.896. The van der Waals surface area contributed by atoms with E-state index in [-0.39, 0.29) is 18.0 Å². The van der Waals surface area contributed by atoms with Gasteiger partial charge in [-0.05, 0) is 59.4 Å². The summed E-state index contributed by atoms with van der Waals surface area (Å²) < 4.78 is 10.5. The maximum atomic E-state index is 12.2. The van der Waals surface area contributed by atoms with Crippen molar-refractivity contribution in [2.75, 3.05) is 0 Å². The van der Waals surface area contributed by atoms with E-state index in [9.17, 15) is 9.59 Å². The number of amides is 2. The summed E-state index contributed by atoms with van der Waals surface area (Å²) in [5.41, 5.74) is 0.310. The molecule has 1 aromatic heterocycles. The number of carbonyl (C=O) groups is 2. The Kier molecular flexibility index (Phi) is 5.34. The summed E-state index contributed by atoms with van der Waals surface area (Å²) in [5, 5.41) is 5.88. The van der Waals surface area contributed by atoms with Crippen molar-refractivity contribution in [3.8, 4) is 0 Å². The van der Waals surface area contributed by atoms with Crippen LogP contribution in [-0.4, -0.2) is 29.7 Å². The molecule has 0 saturated heterocycles. The van der Waals surface area contributed by atoms with Crippen LogP contribution in [0, 0.1) is 6.92 Å². The van der Waals surface area contributed by atoms with Crippen molar-refractivity contribution in [2.24, 2.45) is 0 Å². The van der Waals surface area contributed by atoms with E-state index in [0.29, 0.717) is 12.2 Å². The van der Waals surface area contributed by atoms with Gasteiger partial charge < -0.3 is 19.8 Å². The zero-order valence-electron chi connectivity index (χ0n) is 14.3. The fourth-order valence-electron chi connectivity index (χ4n) is 2.78. The molecule has 128 valence electrons. The van der Waals surface area contributed by atoms with E-state index < -0.39 is 11.7 Å². The first-order chi connectivity index (χ1) is 10.7. The molecule has 6 nitrogen and oxygen atoms in total. The van der Waals surface area contributed by atoms with Gasteiger partial charge in [-0.25, -0.2) is 4.79 Å². The van der Waals surface area contributed by atoms with Crippen LogP contribution in [0.3, 0.4) is 0 Å². The Morgan fingerprint density at radius 1 is 1.22 bits per heavy atom. The predicted octanol–water partition coefficient (Wildman–Crippen LogP) is 3.15. The molecule has 1 saturated carbocycles. The van der Waals surface area contributed by atoms with E-state index >= 15 is 0 Å². The van der Waals surface area contributed by atoms with Crippen LogP contribution in [0.25, 0.3) is 0 Å². The van der Waals surface area contributed by atoms with Crippen molar-refractivity contribution < 1.29 is 18.7 Å². The second-order valence-corrected chi connectivity index (χ2v) is 7.11. The SMILES string of the molecule is Cc1ccoc1C(=O)N[C@@H]1CCC[C@H](NC(=O)OC(C)(C)C)C1. The highest BCUT2D eigenvalue weighted by Crippen LogP contribution is 2.20. The molecule has 1 aromatic rings. The summed E-state index contributed by atoms with van der Waals surface area (Å²) in [6.07, 6.45) is 4.55. The minimum absolute atomic E-state index is 0.0154. The van der Waals surface area contributed by atoms with Crippen LogP contribution in [0.4, 0.5) is 4.79 Å². The standard InChI is InChI=1S/C17H26N2O4/c1-11-8-9-22-14(11)15(20)18-12-6-5-7-13(10-12)19-16(21)23-17(2,3)4/h8-9,12-13H,5-7,10H2,1-4H3,(H,18,20)(H,19,21)/t12-,13+/m1/s1. The third-order valence-electron chi connectivity index (χ3n) is 3.80. The number of hydrogen-bond acceptors (Lipinski definition) is 4. The van der Waals surface area contributed by atoms with Gasteiger partial charge in [-0.2, -0.15) is 0 Å². The van der Waals surface area contributed by atoms with Crippen molar-refractivity contribution in [3.63, 3.8) is 0 Å². The molecule has 23 heavy (non-hydrogen) atoms. The first kappa shape index (κ1) is 17.4. The van der Waals surface area contributed by atoms with Gasteiger partial charge in [0.05, 0.1) is 6.26 Å². The number of rotatable bonds is 3. The van der Waals surface area contributed by atoms with Gasteiger partial charge in [0.1, 0.15) is 5.60 Å². The number of nitrogens with one attached hydrogen (secondary N) is 2. The number of aryl methyl sites for hydroxylation is 1. The first-order valence-electron chi connectivity index (χ1n) is 8.09. The van der Waals surface area contributed by atoms with E-state index in [1.807, 2.05) is 27.7 Å². The van der Waals surface area contributed by atoms with E-state index in [1.54, 1.807) is 6.07 Å². The molecule has 0 unspecified atom stereocenters. The molecule has 0 radical (unpaired) electrons. The average Bonchev–Trinajstić information content (AvgIpc) is 2.83. The molecule has 1 aliphatic rings. The molecule has 0 aliphatic heterocycles. The van der Waals surface area contributed by atoms with Crippen molar-refractivity contribution >= 4 is 12.0 Å². The van der Waals surface area contributed by atoms with Gasteiger partial charge in [-0.3, -0.25) is 4.79 Å². The van der Waals surface area contributed by atoms with Crippen molar-refractivity contribution in [2.45, 2.75) is 71.1 Å². The number of alkyl carbamates (subject to hydrolysis) is 1. The maximum absolute atomic E-state index is 12.2. The lowest BCUT2D eigenvalue weighted by Crippen LogP contribution is -2.46. The first-order valence-corrected chi connectivity index (χ1v) is 8.09. The molecule has 2 amide bonds. The van der Waals surface area contributed by atoms with Crippen molar-refractivity contribution in [1.82, 2.24) is 10.6 Å². The maximum Gasteiger partial charge on any atom is 0.407 e. The lowest BCUT2D eigenvalue weighted by Gasteiger charge is -2.31. The third-order valence-corrected chi connectivity index (χ3v) is 3.80. The van der Waals surface area contributed by atoms with Crippen LogP contribution in [0.2, 0.25) is 0 Å². The Labute approximate surface area is 137 Å². The summed E-state index contributed by atoms with van der Waals surface area (Å²) in [6.45, 7) is 7.35. The number of ether oxygens (including phenoxy) is 1. The Balaban J connectivity index is 1.85. The molecule has 1 heterocycles. The molecule has 2 N–H and O–H groups in total. The Bertz CT molecular complexity index is 559. The van der Waals surface area contributed by atoms with Gasteiger partial charge >= 0.3 is 6.09 Å². The van der Waals surface area contributed by atoms with Crippen LogP contribution >= 0.6 is 0 Å². The molecule has 0 aromatic carbocycles. The van der Waals surface area contributed by atoms with Gasteiger partial charge in [-0.15, -0.1) is 0 Å². The van der Waals surface area contributed by atoms with Gasteiger partial charge in [0.25, 0.3) is 5.91 Å². The molecule has 1 aliphatic carbocycles. The largest absolute Gasteiger partial charge is 0.459 e. The Morgan fingerprint density at radius 3 is 2.43 bits per heavy atom. The van der Waals surface area contributed by atoms with Crippen LogP contribution in [0.5, 0.6) is 0 Å². The highest BCUT2D eigenvalue weighted by molar-refractivity contribution is 5.93. The van der Waals surface area contributed by atoms with E-state index in [1.165, 1.54) is 6.26 Å². The number of furan rings is 1. The summed E-state index contributed by atoms with van der Waals surface area (Å²) in [4.78, 5) is 24.0. The number of carbonyl (C=O) groups excluding carboxylic acids is 2. The molecular formula is C17H26N2O4. The zero-order chi connectivity index (χ0) is 17.0. The van der Waals surface area contributed by atoms with E-state index in [4.69, 9.17) is 9.15 Å². The van der Waals surface area contributed by atoms with Crippen LogP contribution in [-0.2, 0) is 4.74 Å². The molecule has 2 rings (SSSR count). The zero-order valence-corrected chi connectivity index (χ0v) is 14.3. The molecule has 0 spiro atoms. The molecule has 2 atom stereocenters. The van der Waals surface area contributed by atoms with Gasteiger partial charge in [-0.1, -0.05) is 0 Å². The normalized spacial score (nSPS) is 21.6. The summed E-state index contributed by atoms with van der Waals surface area (Å²) in [6, 6.07) is 1.81. The average molecular weight is 322 g/mol. The topological polar surface area (TPSA) is 80.6 Å². The second-order valence-electron chi connectivity index (χ2n) is 7.11. The fraction of sp³-hybridized carbons (Fsp3) is 0.647. The van der Waals surface area contributed by atoms with Crippen LogP contribution in [0.1, 0.15) is 62.6 Å². The van der Waals surface area contributed by atoms with E-state index in [2.05, 4.69) is 10.6 Å². The molecule has 1 fully saturated rings. The highest BCUT2D eigenvalue weighted by atomic mass is 16.6. The van der Waals surface area contributed by atoms with Gasteiger partial charge in [0.2, 0.25) is 0 Å². The number of hydrogen-bond donors (Lipinski definition) is 2. The summed E-state index contributed by atoms with van der Waals surface area (Å²) in [5.74, 6) is 0.155. The minimum Gasteiger partial charge on any atom is -0.459 e. The lowest BCUT2D eigenvalue weighted by molar-refractivity contribution is 0.0489. The lowest BCUT2D eigenvalue weighted by atomic mass is 9.91. The monoisotopic (exact) mass is 322 g/mol. The van der Waals surface area contributed by atoms with Crippen LogP contribution in [0.15, 0.2) is 16.7 Å². The fourth-order valence-corrected chi connectivity index (χ4v) is 2.78.